The summed E-state index contributed by atoms with van der Waals surface area (Å²) < 4.78 is 41.0. The van der Waals surface area contributed by atoms with Gasteiger partial charge in [-0.15, -0.1) is 0 Å². The van der Waals surface area contributed by atoms with Crippen LogP contribution in [0.3, 0.4) is 0 Å². The molecule has 3 aromatic rings. The minimum absolute atomic E-state index is 0.0562. The molecule has 0 atom stereocenters. The van der Waals surface area contributed by atoms with E-state index in [4.69, 9.17) is 0 Å². The van der Waals surface area contributed by atoms with Crippen molar-refractivity contribution < 1.29 is 18.0 Å². The van der Waals surface area contributed by atoms with E-state index >= 15 is 0 Å². The summed E-state index contributed by atoms with van der Waals surface area (Å²) in [5, 5.41) is 3.03. The molecule has 0 aliphatic heterocycles. The van der Waals surface area contributed by atoms with E-state index in [0.717, 1.165) is 12.8 Å². The first-order valence-corrected chi connectivity index (χ1v) is 8.97. The zero-order chi connectivity index (χ0) is 19.9. The lowest BCUT2D eigenvalue weighted by Crippen LogP contribution is -2.24. The summed E-state index contributed by atoms with van der Waals surface area (Å²) in [4.78, 5) is 20.5. The SMILES string of the molecule is CC1(c2cc(C(F)(F)F)c3nc(C(=O)NCc4ccccn4)ccc3c2)CC1. The van der Waals surface area contributed by atoms with Crippen LogP contribution in [0.15, 0.2) is 48.7 Å². The van der Waals surface area contributed by atoms with Gasteiger partial charge in [0.1, 0.15) is 5.69 Å². The zero-order valence-electron chi connectivity index (χ0n) is 15.2. The van der Waals surface area contributed by atoms with E-state index in [0.29, 0.717) is 16.6 Å². The Labute approximate surface area is 159 Å². The maximum atomic E-state index is 13.7. The Hall–Kier alpha value is -2.96. The molecule has 0 saturated heterocycles. The number of nitrogens with one attached hydrogen (secondary N) is 1. The molecule has 7 heteroatoms. The van der Waals surface area contributed by atoms with Gasteiger partial charge in [0, 0.05) is 11.6 Å². The number of carbonyl (C=O) groups excluding carboxylic acids is 1. The maximum absolute atomic E-state index is 13.7. The number of carbonyl (C=O) groups is 1. The highest BCUT2D eigenvalue weighted by atomic mass is 19.4. The molecule has 4 nitrogen and oxygen atoms in total. The van der Waals surface area contributed by atoms with Crippen LogP contribution in [0.1, 0.15) is 47.1 Å². The molecule has 0 bridgehead atoms. The van der Waals surface area contributed by atoms with Gasteiger partial charge in [-0.1, -0.05) is 19.1 Å². The summed E-state index contributed by atoms with van der Waals surface area (Å²) in [6.45, 7) is 2.13. The number of pyridine rings is 2. The number of fused-ring (bicyclic) bond motifs is 1. The highest BCUT2D eigenvalue weighted by Gasteiger charge is 2.42. The van der Waals surface area contributed by atoms with Crippen molar-refractivity contribution in [1.29, 1.82) is 0 Å². The fourth-order valence-corrected chi connectivity index (χ4v) is 3.17. The summed E-state index contributed by atoms with van der Waals surface area (Å²) >= 11 is 0. The number of amides is 1. The predicted molar refractivity (Wildman–Crippen MR) is 98.7 cm³/mol. The van der Waals surface area contributed by atoms with Crippen LogP contribution in [0.2, 0.25) is 0 Å². The lowest BCUT2D eigenvalue weighted by molar-refractivity contribution is -0.136. The van der Waals surface area contributed by atoms with Gasteiger partial charge in [0.25, 0.3) is 5.91 Å². The number of rotatable bonds is 4. The van der Waals surface area contributed by atoms with Crippen molar-refractivity contribution in [2.75, 3.05) is 0 Å². The maximum Gasteiger partial charge on any atom is 0.418 e. The van der Waals surface area contributed by atoms with E-state index in [1.807, 2.05) is 6.92 Å². The lowest BCUT2D eigenvalue weighted by Gasteiger charge is -2.16. The molecular formula is C21H18F3N3O. The molecule has 4 rings (SSSR count). The standard InChI is InChI=1S/C21H18F3N3O/c1-20(7-8-20)14-10-13-5-6-17(27-18(13)16(11-14)21(22,23)24)19(28)26-12-15-4-2-3-9-25-15/h2-6,9-11H,7-8,12H2,1H3,(H,26,28). The number of alkyl halides is 3. The molecule has 144 valence electrons. The number of hydrogen-bond donors (Lipinski definition) is 1. The second kappa shape index (κ2) is 6.58. The highest BCUT2D eigenvalue weighted by molar-refractivity contribution is 5.95. The third kappa shape index (κ3) is 3.56. The molecule has 1 saturated carbocycles. The second-order valence-electron chi connectivity index (χ2n) is 7.35. The van der Waals surface area contributed by atoms with Crippen LogP contribution in [-0.4, -0.2) is 15.9 Å². The van der Waals surface area contributed by atoms with Gasteiger partial charge in [0.15, 0.2) is 0 Å². The molecule has 0 unspecified atom stereocenters. The third-order valence-corrected chi connectivity index (χ3v) is 5.18. The van der Waals surface area contributed by atoms with Crippen molar-refractivity contribution in [2.45, 2.75) is 37.9 Å². The molecule has 1 fully saturated rings. The van der Waals surface area contributed by atoms with Crippen molar-refractivity contribution in [3.05, 3.63) is 71.2 Å². The Morgan fingerprint density at radius 3 is 2.61 bits per heavy atom. The van der Waals surface area contributed by atoms with Gasteiger partial charge in [-0.05, 0) is 54.2 Å². The van der Waals surface area contributed by atoms with E-state index in [1.54, 1.807) is 30.5 Å². The zero-order valence-corrected chi connectivity index (χ0v) is 15.2. The van der Waals surface area contributed by atoms with Crippen molar-refractivity contribution >= 4 is 16.8 Å². The fraction of sp³-hybridized carbons (Fsp3) is 0.286. The quantitative estimate of drug-likeness (QED) is 0.712. The minimum atomic E-state index is -4.55. The largest absolute Gasteiger partial charge is 0.418 e. The van der Waals surface area contributed by atoms with Crippen LogP contribution in [0.5, 0.6) is 0 Å². The minimum Gasteiger partial charge on any atom is -0.345 e. The topological polar surface area (TPSA) is 54.9 Å². The van der Waals surface area contributed by atoms with Crippen LogP contribution in [0.25, 0.3) is 10.9 Å². The van der Waals surface area contributed by atoms with Gasteiger partial charge in [-0.25, -0.2) is 4.98 Å². The molecule has 28 heavy (non-hydrogen) atoms. The first-order chi connectivity index (χ1) is 13.3. The molecule has 0 radical (unpaired) electrons. The van der Waals surface area contributed by atoms with E-state index in [2.05, 4.69) is 15.3 Å². The Balaban J connectivity index is 1.68. The van der Waals surface area contributed by atoms with Gasteiger partial charge >= 0.3 is 6.18 Å². The molecule has 2 heterocycles. The van der Waals surface area contributed by atoms with Crippen molar-refractivity contribution in [3.8, 4) is 0 Å². The normalized spacial score (nSPS) is 15.4. The van der Waals surface area contributed by atoms with E-state index < -0.39 is 17.6 Å². The van der Waals surface area contributed by atoms with Gasteiger partial charge in [-0.3, -0.25) is 9.78 Å². The molecule has 0 spiro atoms. The first-order valence-electron chi connectivity index (χ1n) is 8.97. The number of hydrogen-bond acceptors (Lipinski definition) is 3. The van der Waals surface area contributed by atoms with Crippen LogP contribution >= 0.6 is 0 Å². The third-order valence-electron chi connectivity index (χ3n) is 5.18. The Kier molecular flexibility index (Phi) is 4.33. The molecule has 1 aromatic carbocycles. The Morgan fingerprint density at radius 2 is 1.96 bits per heavy atom. The molecule has 1 N–H and O–H groups in total. The van der Waals surface area contributed by atoms with E-state index in [-0.39, 0.29) is 23.2 Å². The first kappa shape index (κ1) is 18.4. The van der Waals surface area contributed by atoms with E-state index in [9.17, 15) is 18.0 Å². The Bertz CT molecular complexity index is 1040. The monoisotopic (exact) mass is 385 g/mol. The molecule has 1 aliphatic rings. The molecule has 2 aromatic heterocycles. The van der Waals surface area contributed by atoms with Crippen LogP contribution < -0.4 is 5.32 Å². The van der Waals surface area contributed by atoms with Crippen molar-refractivity contribution in [3.63, 3.8) is 0 Å². The van der Waals surface area contributed by atoms with Gasteiger partial charge in [0.2, 0.25) is 0 Å². The fourth-order valence-electron chi connectivity index (χ4n) is 3.17. The summed E-state index contributed by atoms with van der Waals surface area (Å²) in [5.74, 6) is -0.543. The lowest BCUT2D eigenvalue weighted by atomic mass is 9.93. The van der Waals surface area contributed by atoms with Crippen molar-refractivity contribution in [2.24, 2.45) is 0 Å². The van der Waals surface area contributed by atoms with E-state index in [1.165, 1.54) is 18.2 Å². The van der Waals surface area contributed by atoms with Crippen molar-refractivity contribution in [1.82, 2.24) is 15.3 Å². The summed E-state index contributed by atoms with van der Waals surface area (Å²) in [6, 6.07) is 11.2. The van der Waals surface area contributed by atoms with Gasteiger partial charge in [-0.2, -0.15) is 13.2 Å². The average Bonchev–Trinajstić information content (AvgIpc) is 3.43. The Morgan fingerprint density at radius 1 is 1.18 bits per heavy atom. The van der Waals surface area contributed by atoms with Crippen LogP contribution in [-0.2, 0) is 18.1 Å². The molecular weight excluding hydrogens is 367 g/mol. The average molecular weight is 385 g/mol. The molecule has 1 aliphatic carbocycles. The highest BCUT2D eigenvalue weighted by Crippen LogP contribution is 2.49. The predicted octanol–water partition coefficient (Wildman–Crippen LogP) is 4.63. The smallest absolute Gasteiger partial charge is 0.345 e. The number of nitrogens with zero attached hydrogens (tertiary/aromatic N) is 2. The summed E-state index contributed by atoms with van der Waals surface area (Å²) in [7, 11) is 0. The summed E-state index contributed by atoms with van der Waals surface area (Å²) in [5.41, 5.74) is 0.0571. The van der Waals surface area contributed by atoms with Crippen LogP contribution in [0.4, 0.5) is 13.2 Å². The summed E-state index contributed by atoms with van der Waals surface area (Å²) in [6.07, 6.45) is -1.20. The number of halogens is 3. The molecule has 1 amide bonds. The number of benzene rings is 1. The number of aromatic nitrogens is 2. The van der Waals surface area contributed by atoms with Crippen LogP contribution in [0, 0.1) is 0 Å². The van der Waals surface area contributed by atoms with Gasteiger partial charge < -0.3 is 5.32 Å². The second-order valence-corrected chi connectivity index (χ2v) is 7.35. The van der Waals surface area contributed by atoms with Gasteiger partial charge in [0.05, 0.1) is 23.3 Å².